The van der Waals surface area contributed by atoms with E-state index in [-0.39, 0.29) is 6.10 Å². The molecule has 0 radical (unpaired) electrons. The van der Waals surface area contributed by atoms with Gasteiger partial charge in [0.2, 0.25) is 5.95 Å². The number of rotatable bonds is 6. The van der Waals surface area contributed by atoms with E-state index >= 15 is 0 Å². The monoisotopic (exact) mass is 460 g/mol. The Bertz CT molecular complexity index is 1090. The fourth-order valence-electron chi connectivity index (χ4n) is 4.34. The lowest BCUT2D eigenvalue weighted by molar-refractivity contribution is 0.0253. The topological polar surface area (TPSA) is 75.6 Å². The molecular weight excluding hydrogens is 428 g/mol. The average Bonchev–Trinajstić information content (AvgIpc) is 2.87. The van der Waals surface area contributed by atoms with Crippen LogP contribution < -0.4 is 15.0 Å². The quantitative estimate of drug-likeness (QED) is 0.594. The van der Waals surface area contributed by atoms with E-state index < -0.39 is 0 Å². The van der Waals surface area contributed by atoms with Gasteiger partial charge in [0.1, 0.15) is 18.2 Å². The minimum atomic E-state index is 0.217. The molecule has 2 saturated heterocycles. The predicted octanol–water partition coefficient (Wildman–Crippen LogP) is 3.90. The van der Waals surface area contributed by atoms with E-state index in [1.54, 1.807) is 6.33 Å². The highest BCUT2D eigenvalue weighted by atomic mass is 16.5. The van der Waals surface area contributed by atoms with E-state index in [2.05, 4.69) is 74.4 Å². The number of aryl methyl sites for hydroxylation is 1. The molecule has 2 aliphatic heterocycles. The molecule has 0 aliphatic carbocycles. The number of piperazine rings is 1. The van der Waals surface area contributed by atoms with Gasteiger partial charge in [0.15, 0.2) is 5.82 Å². The van der Waals surface area contributed by atoms with Crippen molar-refractivity contribution in [2.45, 2.75) is 25.9 Å². The number of anilines is 3. The first-order chi connectivity index (χ1) is 16.6. The van der Waals surface area contributed by atoms with Crippen molar-refractivity contribution in [2.75, 3.05) is 56.7 Å². The highest BCUT2D eigenvalue weighted by Crippen LogP contribution is 2.27. The van der Waals surface area contributed by atoms with Crippen molar-refractivity contribution in [2.24, 2.45) is 0 Å². The summed E-state index contributed by atoms with van der Waals surface area (Å²) in [6.07, 6.45) is 3.62. The zero-order chi connectivity index (χ0) is 23.3. The van der Waals surface area contributed by atoms with Crippen LogP contribution in [0.2, 0.25) is 0 Å². The maximum atomic E-state index is 6.19. The molecule has 0 saturated carbocycles. The van der Waals surface area contributed by atoms with Crippen LogP contribution in [0.15, 0.2) is 48.8 Å². The van der Waals surface area contributed by atoms with E-state index in [9.17, 15) is 0 Å². The summed E-state index contributed by atoms with van der Waals surface area (Å²) < 4.78 is 11.6. The Morgan fingerprint density at radius 2 is 1.74 bits per heavy atom. The Morgan fingerprint density at radius 3 is 2.47 bits per heavy atom. The summed E-state index contributed by atoms with van der Waals surface area (Å²) >= 11 is 0. The van der Waals surface area contributed by atoms with Gasteiger partial charge in [0.25, 0.3) is 0 Å². The number of nitrogens with zero attached hydrogens (tertiary/aromatic N) is 5. The van der Waals surface area contributed by atoms with Crippen molar-refractivity contribution in [3.8, 4) is 17.1 Å². The van der Waals surface area contributed by atoms with Crippen molar-refractivity contribution in [3.05, 3.63) is 54.4 Å². The van der Waals surface area contributed by atoms with Gasteiger partial charge in [-0.2, -0.15) is 4.98 Å². The average molecular weight is 461 g/mol. The third-order valence-corrected chi connectivity index (χ3v) is 6.46. The molecule has 2 aromatic carbocycles. The smallest absolute Gasteiger partial charge is 0.230 e. The van der Waals surface area contributed by atoms with Gasteiger partial charge in [0.05, 0.1) is 13.2 Å². The molecule has 2 fully saturated rings. The second-order valence-electron chi connectivity index (χ2n) is 9.00. The van der Waals surface area contributed by atoms with Crippen molar-refractivity contribution in [3.63, 3.8) is 0 Å². The maximum Gasteiger partial charge on any atom is 0.230 e. The number of hydrogen-bond donors (Lipinski definition) is 1. The largest absolute Gasteiger partial charge is 0.490 e. The van der Waals surface area contributed by atoms with E-state index in [1.807, 2.05) is 12.1 Å². The van der Waals surface area contributed by atoms with Crippen LogP contribution in [0, 0.1) is 6.92 Å². The molecule has 0 atom stereocenters. The fourth-order valence-corrected chi connectivity index (χ4v) is 4.34. The van der Waals surface area contributed by atoms with Crippen LogP contribution in [0.25, 0.3) is 11.4 Å². The lowest BCUT2D eigenvalue weighted by atomic mass is 10.1. The minimum Gasteiger partial charge on any atom is -0.490 e. The summed E-state index contributed by atoms with van der Waals surface area (Å²) in [6, 6.07) is 14.5. The molecule has 178 valence electrons. The van der Waals surface area contributed by atoms with E-state index in [0.717, 1.165) is 74.8 Å². The molecule has 3 aromatic rings. The Morgan fingerprint density at radius 1 is 0.971 bits per heavy atom. The number of ether oxygens (including phenoxy) is 2. The molecule has 8 heteroatoms. The summed E-state index contributed by atoms with van der Waals surface area (Å²) in [7, 11) is 2.17. The van der Waals surface area contributed by atoms with E-state index in [0.29, 0.717) is 11.8 Å². The fraction of sp³-hybridized carbons (Fsp3) is 0.423. The Hall–Kier alpha value is -3.23. The van der Waals surface area contributed by atoms with Crippen molar-refractivity contribution in [1.29, 1.82) is 0 Å². The van der Waals surface area contributed by atoms with E-state index in [4.69, 9.17) is 9.47 Å². The van der Waals surface area contributed by atoms with Crippen LogP contribution in [0.4, 0.5) is 17.3 Å². The Labute approximate surface area is 201 Å². The third-order valence-electron chi connectivity index (χ3n) is 6.46. The van der Waals surface area contributed by atoms with Gasteiger partial charge >= 0.3 is 0 Å². The highest BCUT2D eigenvalue weighted by molar-refractivity contribution is 5.62. The van der Waals surface area contributed by atoms with Crippen LogP contribution >= 0.6 is 0 Å². The zero-order valence-electron chi connectivity index (χ0n) is 19.9. The van der Waals surface area contributed by atoms with Gasteiger partial charge in [-0.15, -0.1) is 0 Å². The maximum absolute atomic E-state index is 6.19. The van der Waals surface area contributed by atoms with Gasteiger partial charge in [-0.1, -0.05) is 0 Å². The highest BCUT2D eigenvalue weighted by Gasteiger charge is 2.17. The molecule has 2 aliphatic rings. The summed E-state index contributed by atoms with van der Waals surface area (Å²) in [4.78, 5) is 18.1. The number of likely N-dealkylation sites (N-methyl/N-ethyl adjacent to an activating group) is 1. The zero-order valence-corrected chi connectivity index (χ0v) is 19.9. The Kier molecular flexibility index (Phi) is 6.87. The molecule has 5 rings (SSSR count). The summed E-state index contributed by atoms with van der Waals surface area (Å²) in [5, 5.41) is 3.31. The second kappa shape index (κ2) is 10.4. The van der Waals surface area contributed by atoms with Gasteiger partial charge in [-0.25, -0.2) is 9.97 Å². The molecule has 0 amide bonds. The molecule has 0 bridgehead atoms. The molecule has 0 spiro atoms. The van der Waals surface area contributed by atoms with Gasteiger partial charge in [-0.3, -0.25) is 0 Å². The molecule has 0 unspecified atom stereocenters. The molecule has 8 nitrogen and oxygen atoms in total. The van der Waals surface area contributed by atoms with Gasteiger partial charge < -0.3 is 24.6 Å². The van der Waals surface area contributed by atoms with Crippen LogP contribution in [0.3, 0.4) is 0 Å². The first-order valence-corrected chi connectivity index (χ1v) is 12.0. The number of nitrogens with one attached hydrogen (secondary N) is 1. The number of hydrogen-bond acceptors (Lipinski definition) is 8. The van der Waals surface area contributed by atoms with Gasteiger partial charge in [-0.05, 0) is 62.0 Å². The first kappa shape index (κ1) is 22.6. The molecule has 3 heterocycles. The van der Waals surface area contributed by atoms with Crippen LogP contribution in [0.1, 0.15) is 18.4 Å². The Balaban J connectivity index is 1.25. The second-order valence-corrected chi connectivity index (χ2v) is 9.00. The first-order valence-electron chi connectivity index (χ1n) is 12.0. The van der Waals surface area contributed by atoms with Crippen LogP contribution in [0.5, 0.6) is 5.75 Å². The standard InChI is InChI=1S/C26H32N6O2/c1-19-17-20(3-8-24(19)34-23-9-15-33-16-10-23)25-27-18-28-26(30-25)29-21-4-6-22(7-5-21)32-13-11-31(2)12-14-32/h3-8,17-18,23H,9-16H2,1-2H3,(H,27,28,29,30). The number of benzene rings is 2. The molecular formula is C26H32N6O2. The normalized spacial score (nSPS) is 17.5. The summed E-state index contributed by atoms with van der Waals surface area (Å²) in [5.74, 6) is 2.06. The third kappa shape index (κ3) is 5.46. The molecule has 1 N–H and O–H groups in total. The van der Waals surface area contributed by atoms with Crippen molar-refractivity contribution < 1.29 is 9.47 Å². The summed E-state index contributed by atoms with van der Waals surface area (Å²) in [5.41, 5.74) is 4.20. The van der Waals surface area contributed by atoms with E-state index in [1.165, 1.54) is 5.69 Å². The molecule has 34 heavy (non-hydrogen) atoms. The van der Waals surface area contributed by atoms with Crippen molar-refractivity contribution in [1.82, 2.24) is 19.9 Å². The van der Waals surface area contributed by atoms with Crippen LogP contribution in [-0.4, -0.2) is 72.4 Å². The minimum absolute atomic E-state index is 0.217. The predicted molar refractivity (Wildman–Crippen MR) is 134 cm³/mol. The lowest BCUT2D eigenvalue weighted by Crippen LogP contribution is -2.44. The summed E-state index contributed by atoms with van der Waals surface area (Å²) in [6.45, 7) is 7.88. The SMILES string of the molecule is Cc1cc(-c2ncnc(Nc3ccc(N4CCN(C)CC4)cc3)n2)ccc1OC1CCOCC1. The number of aromatic nitrogens is 3. The lowest BCUT2D eigenvalue weighted by Gasteiger charge is -2.34. The van der Waals surface area contributed by atoms with Crippen LogP contribution in [-0.2, 0) is 4.74 Å². The van der Waals surface area contributed by atoms with Crippen molar-refractivity contribution >= 4 is 17.3 Å². The molecule has 1 aromatic heterocycles. The van der Waals surface area contributed by atoms with Gasteiger partial charge in [0, 0.05) is 56.0 Å².